The summed E-state index contributed by atoms with van der Waals surface area (Å²) in [4.78, 5) is 11.9. The van der Waals surface area contributed by atoms with Crippen molar-refractivity contribution in [1.82, 2.24) is 4.57 Å². The van der Waals surface area contributed by atoms with Gasteiger partial charge in [-0.1, -0.05) is 62.4 Å². The number of benzene rings is 2. The fraction of sp³-hybridized carbons (Fsp3) is 0.269. The van der Waals surface area contributed by atoms with Gasteiger partial charge in [0.15, 0.2) is 0 Å². The Morgan fingerprint density at radius 1 is 1.13 bits per heavy atom. The lowest BCUT2D eigenvalue weighted by atomic mass is 9.84. The Labute approximate surface area is 180 Å². The summed E-state index contributed by atoms with van der Waals surface area (Å²) in [5, 5.41) is 10.8. The van der Waals surface area contributed by atoms with E-state index in [4.69, 9.17) is 9.15 Å². The van der Waals surface area contributed by atoms with E-state index in [0.717, 1.165) is 39.0 Å². The van der Waals surface area contributed by atoms with Gasteiger partial charge in [0, 0.05) is 41.3 Å². The third-order valence-corrected chi connectivity index (χ3v) is 6.22. The van der Waals surface area contributed by atoms with Crippen LogP contribution in [0.4, 0.5) is 0 Å². The molecule has 0 saturated heterocycles. The van der Waals surface area contributed by atoms with Gasteiger partial charge < -0.3 is 18.8 Å². The van der Waals surface area contributed by atoms with Crippen LogP contribution in [-0.4, -0.2) is 22.8 Å². The van der Waals surface area contributed by atoms with Gasteiger partial charge in [-0.3, -0.25) is 4.79 Å². The largest absolute Gasteiger partial charge is 0.481 e. The van der Waals surface area contributed by atoms with Crippen molar-refractivity contribution >= 4 is 16.9 Å². The number of carboxylic acid groups (broad SMARTS) is 1. The Bertz CT molecular complexity index is 1250. The van der Waals surface area contributed by atoms with Gasteiger partial charge in [0.1, 0.15) is 17.4 Å². The van der Waals surface area contributed by atoms with E-state index >= 15 is 0 Å². The second-order valence-electron chi connectivity index (χ2n) is 8.86. The van der Waals surface area contributed by atoms with E-state index in [1.54, 1.807) is 7.11 Å². The molecule has 0 bridgehead atoms. The van der Waals surface area contributed by atoms with Gasteiger partial charge in [0.2, 0.25) is 0 Å². The lowest BCUT2D eigenvalue weighted by Crippen LogP contribution is -2.21. The number of methoxy groups -OCH3 is 1. The lowest BCUT2D eigenvalue weighted by molar-refractivity contribution is -0.136. The maximum Gasteiger partial charge on any atom is 0.309 e. The van der Waals surface area contributed by atoms with Crippen molar-refractivity contribution in [3.05, 3.63) is 72.1 Å². The minimum Gasteiger partial charge on any atom is -0.481 e. The molecule has 5 nitrogen and oxygen atoms in total. The van der Waals surface area contributed by atoms with Crippen molar-refractivity contribution in [3.8, 4) is 22.5 Å². The first kappa shape index (κ1) is 19.6. The standard InChI is InChI=1S/C26H25NO4/c1-26(2)15-27-18(14-21(28)29)23(20-13-17-11-7-8-12-19(17)31-20)22(24(27)25(26)30-3)16-9-5-4-6-10-16/h4-13,25H,14-15H2,1-3H3,(H,28,29). The van der Waals surface area contributed by atoms with Gasteiger partial charge in [0.05, 0.1) is 12.1 Å². The summed E-state index contributed by atoms with van der Waals surface area (Å²) in [6.45, 7) is 5.01. The molecule has 1 aliphatic heterocycles. The summed E-state index contributed by atoms with van der Waals surface area (Å²) in [6.07, 6.45) is -0.244. The number of para-hydroxylation sites is 1. The van der Waals surface area contributed by atoms with E-state index in [9.17, 15) is 9.90 Å². The Balaban J connectivity index is 1.88. The normalized spacial score (nSPS) is 17.2. The molecule has 1 N–H and O–H groups in total. The van der Waals surface area contributed by atoms with Crippen LogP contribution in [0.15, 0.2) is 65.1 Å². The number of hydrogen-bond acceptors (Lipinski definition) is 3. The van der Waals surface area contributed by atoms with Crippen molar-refractivity contribution in [2.24, 2.45) is 5.41 Å². The van der Waals surface area contributed by atoms with Crippen molar-refractivity contribution < 1.29 is 19.1 Å². The molecule has 1 unspecified atom stereocenters. The van der Waals surface area contributed by atoms with Crippen LogP contribution >= 0.6 is 0 Å². The van der Waals surface area contributed by atoms with E-state index in [-0.39, 0.29) is 17.9 Å². The van der Waals surface area contributed by atoms with Crippen LogP contribution in [0.25, 0.3) is 33.4 Å². The molecule has 0 saturated carbocycles. The van der Waals surface area contributed by atoms with Gasteiger partial charge in [-0.05, 0) is 17.7 Å². The molecule has 5 rings (SSSR count). The number of rotatable bonds is 5. The number of hydrogen-bond donors (Lipinski definition) is 1. The van der Waals surface area contributed by atoms with E-state index in [1.807, 2.05) is 48.5 Å². The fourth-order valence-corrected chi connectivity index (χ4v) is 5.03. The minimum atomic E-state index is -0.865. The summed E-state index contributed by atoms with van der Waals surface area (Å²) in [5.41, 5.74) is 5.27. The first-order valence-electron chi connectivity index (χ1n) is 10.4. The van der Waals surface area contributed by atoms with Crippen molar-refractivity contribution in [1.29, 1.82) is 0 Å². The molecular formula is C26H25NO4. The molecule has 1 aliphatic rings. The highest BCUT2D eigenvalue weighted by Gasteiger charge is 2.45. The molecule has 2 aromatic heterocycles. The molecule has 1 atom stereocenters. The second kappa shape index (κ2) is 7.13. The molecule has 158 valence electrons. The third kappa shape index (κ3) is 3.08. The SMILES string of the molecule is COC1c2c(-c3ccccc3)c(-c3cc4ccccc4o3)c(CC(=O)O)n2CC1(C)C. The zero-order valence-electron chi connectivity index (χ0n) is 17.9. The Morgan fingerprint density at radius 2 is 1.84 bits per heavy atom. The topological polar surface area (TPSA) is 64.6 Å². The molecule has 0 spiro atoms. The highest BCUT2D eigenvalue weighted by Crippen LogP contribution is 2.53. The predicted octanol–water partition coefficient (Wildman–Crippen LogP) is 5.92. The number of ether oxygens (including phenoxy) is 1. The summed E-state index contributed by atoms with van der Waals surface area (Å²) < 4.78 is 14.4. The van der Waals surface area contributed by atoms with E-state index in [2.05, 4.69) is 30.5 Å². The summed E-state index contributed by atoms with van der Waals surface area (Å²) >= 11 is 0. The average molecular weight is 415 g/mol. The molecule has 0 radical (unpaired) electrons. The predicted molar refractivity (Wildman–Crippen MR) is 120 cm³/mol. The van der Waals surface area contributed by atoms with Crippen LogP contribution in [-0.2, 0) is 22.5 Å². The number of nitrogens with zero attached hydrogens (tertiary/aromatic N) is 1. The zero-order valence-corrected chi connectivity index (χ0v) is 17.9. The number of carboxylic acids is 1. The van der Waals surface area contributed by atoms with Crippen LogP contribution < -0.4 is 0 Å². The molecule has 4 aromatic rings. The average Bonchev–Trinajstić information content (AvgIpc) is 3.36. The maximum atomic E-state index is 11.9. The molecule has 0 fully saturated rings. The number of aromatic nitrogens is 1. The van der Waals surface area contributed by atoms with Gasteiger partial charge >= 0.3 is 5.97 Å². The number of fused-ring (bicyclic) bond motifs is 2. The van der Waals surface area contributed by atoms with Gasteiger partial charge in [-0.25, -0.2) is 0 Å². The minimum absolute atomic E-state index is 0.0846. The van der Waals surface area contributed by atoms with E-state index < -0.39 is 5.97 Å². The molecule has 5 heteroatoms. The van der Waals surface area contributed by atoms with Crippen LogP contribution in [0.5, 0.6) is 0 Å². The smallest absolute Gasteiger partial charge is 0.309 e. The fourth-order valence-electron chi connectivity index (χ4n) is 5.03. The third-order valence-electron chi connectivity index (χ3n) is 6.22. The van der Waals surface area contributed by atoms with Crippen LogP contribution in [0, 0.1) is 5.41 Å². The molecule has 2 aromatic carbocycles. The lowest BCUT2D eigenvalue weighted by Gasteiger charge is -2.26. The number of furan rings is 1. The monoisotopic (exact) mass is 415 g/mol. The first-order valence-corrected chi connectivity index (χ1v) is 10.4. The summed E-state index contributed by atoms with van der Waals surface area (Å²) in [7, 11) is 1.72. The molecule has 0 aliphatic carbocycles. The van der Waals surface area contributed by atoms with Crippen LogP contribution in [0.2, 0.25) is 0 Å². The summed E-state index contributed by atoms with van der Waals surface area (Å²) in [6, 6.07) is 20.0. The highest BCUT2D eigenvalue weighted by atomic mass is 16.5. The molecule has 0 amide bonds. The Morgan fingerprint density at radius 3 is 2.52 bits per heavy atom. The number of aliphatic carboxylic acids is 1. The van der Waals surface area contributed by atoms with Crippen LogP contribution in [0.1, 0.15) is 31.3 Å². The van der Waals surface area contributed by atoms with Crippen molar-refractivity contribution in [2.75, 3.05) is 7.11 Å². The summed E-state index contributed by atoms with van der Waals surface area (Å²) in [5.74, 6) is -0.179. The van der Waals surface area contributed by atoms with Crippen molar-refractivity contribution in [2.45, 2.75) is 32.9 Å². The second-order valence-corrected chi connectivity index (χ2v) is 8.86. The van der Waals surface area contributed by atoms with Gasteiger partial charge in [-0.15, -0.1) is 0 Å². The molecular weight excluding hydrogens is 390 g/mol. The molecule has 31 heavy (non-hydrogen) atoms. The quantitative estimate of drug-likeness (QED) is 0.439. The van der Waals surface area contributed by atoms with E-state index in [1.165, 1.54) is 0 Å². The highest BCUT2D eigenvalue weighted by molar-refractivity contribution is 5.92. The van der Waals surface area contributed by atoms with Crippen LogP contribution in [0.3, 0.4) is 0 Å². The zero-order chi connectivity index (χ0) is 21.8. The maximum absolute atomic E-state index is 11.9. The Hall–Kier alpha value is -3.31. The number of carbonyl (C=O) groups is 1. The molecule has 3 heterocycles. The van der Waals surface area contributed by atoms with E-state index in [0.29, 0.717) is 12.3 Å². The Kier molecular flexibility index (Phi) is 4.52. The van der Waals surface area contributed by atoms with Crippen molar-refractivity contribution in [3.63, 3.8) is 0 Å². The van der Waals surface area contributed by atoms with Gasteiger partial charge in [0.25, 0.3) is 0 Å². The first-order chi connectivity index (χ1) is 14.9. The van der Waals surface area contributed by atoms with Gasteiger partial charge in [-0.2, -0.15) is 0 Å².